The van der Waals surface area contributed by atoms with E-state index in [1.54, 1.807) is 0 Å². The lowest BCUT2D eigenvalue weighted by Gasteiger charge is -2.39. The molecule has 4 rings (SSSR count). The molecule has 0 aromatic carbocycles. The molecule has 31 heavy (non-hydrogen) atoms. The third-order valence-electron chi connectivity index (χ3n) is 5.85. The highest BCUT2D eigenvalue weighted by molar-refractivity contribution is 14.0. The van der Waals surface area contributed by atoms with Gasteiger partial charge in [-0.3, -0.25) is 14.3 Å². The molecule has 1 aliphatic rings. The van der Waals surface area contributed by atoms with Crippen LogP contribution >= 0.6 is 35.3 Å². The fourth-order valence-corrected chi connectivity index (χ4v) is 5.33. The van der Waals surface area contributed by atoms with E-state index in [0.717, 1.165) is 43.4 Å². The second kappa shape index (κ2) is 11.8. The van der Waals surface area contributed by atoms with E-state index in [1.807, 2.05) is 42.8 Å². The summed E-state index contributed by atoms with van der Waals surface area (Å²) in [6.45, 7) is 2.95. The van der Waals surface area contributed by atoms with Gasteiger partial charge in [0.25, 0.3) is 0 Å². The maximum absolute atomic E-state index is 4.41. The number of thiophene rings is 1. The first kappa shape index (κ1) is 23.9. The normalized spacial score (nSPS) is 19.9. The number of aryl methyl sites for hydroxylation is 1. The van der Waals surface area contributed by atoms with Gasteiger partial charge >= 0.3 is 0 Å². The molecule has 2 N–H and O–H groups in total. The van der Waals surface area contributed by atoms with Gasteiger partial charge in [-0.25, -0.2) is 0 Å². The summed E-state index contributed by atoms with van der Waals surface area (Å²) in [4.78, 5) is 8.38. The summed E-state index contributed by atoms with van der Waals surface area (Å²) in [5.41, 5.74) is 0.899. The topological polar surface area (TPSA) is 69.8 Å². The van der Waals surface area contributed by atoms with Crippen molar-refractivity contribution < 1.29 is 0 Å². The Kier molecular flexibility index (Phi) is 9.09. The van der Waals surface area contributed by atoms with E-state index in [2.05, 4.69) is 59.7 Å². The van der Waals surface area contributed by atoms with Crippen molar-refractivity contribution in [3.63, 3.8) is 0 Å². The molecule has 0 amide bonds. The number of rotatable bonds is 7. The lowest BCUT2D eigenvalue weighted by Crippen LogP contribution is -2.45. The molecule has 0 saturated carbocycles. The van der Waals surface area contributed by atoms with Gasteiger partial charge in [-0.2, -0.15) is 0 Å². The highest BCUT2D eigenvalue weighted by Crippen LogP contribution is 2.36. The molecule has 1 fully saturated rings. The molecule has 1 saturated heterocycles. The predicted octanol–water partition coefficient (Wildman–Crippen LogP) is 3.59. The largest absolute Gasteiger partial charge is 0.356 e. The molecule has 4 heterocycles. The molecular weight excluding hydrogens is 521 g/mol. The standard InChI is InChI=1S/C22H31N7S.HI/c1-23-22(24-12-5-11-20-27-26-19-10-3-4-14-29(19)20)25-16-17-8-6-13-28(2)21(17)18-9-7-15-30-18;/h3-4,7,9-10,14-15,17,21H,5-6,8,11-13,16H2,1-2H3,(H2,23,24,25);1H. The zero-order chi connectivity index (χ0) is 20.8. The molecule has 0 aliphatic carbocycles. The second-order valence-electron chi connectivity index (χ2n) is 7.87. The van der Waals surface area contributed by atoms with Gasteiger partial charge in [0.05, 0.1) is 0 Å². The summed E-state index contributed by atoms with van der Waals surface area (Å²) in [5.74, 6) is 2.46. The minimum atomic E-state index is 0. The van der Waals surface area contributed by atoms with E-state index in [-0.39, 0.29) is 24.0 Å². The van der Waals surface area contributed by atoms with Crippen LogP contribution in [0.3, 0.4) is 0 Å². The van der Waals surface area contributed by atoms with Gasteiger partial charge in [-0.15, -0.1) is 45.5 Å². The van der Waals surface area contributed by atoms with Crippen LogP contribution in [0.4, 0.5) is 0 Å². The number of aliphatic imine (C=N–C) groups is 1. The van der Waals surface area contributed by atoms with Gasteiger partial charge < -0.3 is 10.6 Å². The molecule has 2 atom stereocenters. The van der Waals surface area contributed by atoms with Crippen LogP contribution in [0, 0.1) is 5.92 Å². The first-order chi connectivity index (χ1) is 14.8. The van der Waals surface area contributed by atoms with Gasteiger partial charge in [-0.05, 0) is 62.4 Å². The highest BCUT2D eigenvalue weighted by Gasteiger charge is 2.31. The SMILES string of the molecule is CN=C(NCCCc1nnc2ccccn12)NCC1CCCN(C)C1c1cccs1.I. The van der Waals surface area contributed by atoms with Gasteiger partial charge in [0.15, 0.2) is 11.6 Å². The van der Waals surface area contributed by atoms with E-state index in [1.165, 1.54) is 24.3 Å². The van der Waals surface area contributed by atoms with Crippen molar-refractivity contribution in [3.8, 4) is 0 Å². The number of halogens is 1. The lowest BCUT2D eigenvalue weighted by atomic mass is 9.88. The van der Waals surface area contributed by atoms with Crippen LogP contribution in [0.5, 0.6) is 0 Å². The number of hydrogen-bond acceptors (Lipinski definition) is 5. The minimum absolute atomic E-state index is 0. The zero-order valence-corrected chi connectivity index (χ0v) is 21.3. The molecular formula is C22H32IN7S. The first-order valence-corrected chi connectivity index (χ1v) is 11.6. The maximum atomic E-state index is 4.41. The number of fused-ring (bicyclic) bond motifs is 1. The molecule has 0 bridgehead atoms. The van der Waals surface area contributed by atoms with Gasteiger partial charge in [0, 0.05) is 43.7 Å². The molecule has 0 radical (unpaired) electrons. The number of nitrogens with one attached hydrogen (secondary N) is 2. The zero-order valence-electron chi connectivity index (χ0n) is 18.2. The number of guanidine groups is 1. The van der Waals surface area contributed by atoms with Gasteiger partial charge in [0.1, 0.15) is 5.82 Å². The average molecular weight is 554 g/mol. The van der Waals surface area contributed by atoms with Crippen LogP contribution in [-0.4, -0.2) is 59.2 Å². The fourth-order valence-electron chi connectivity index (χ4n) is 4.35. The first-order valence-electron chi connectivity index (χ1n) is 10.7. The van der Waals surface area contributed by atoms with Crippen molar-refractivity contribution in [1.29, 1.82) is 0 Å². The van der Waals surface area contributed by atoms with Crippen molar-refractivity contribution in [2.75, 3.05) is 33.7 Å². The van der Waals surface area contributed by atoms with Crippen molar-refractivity contribution in [3.05, 3.63) is 52.6 Å². The second-order valence-corrected chi connectivity index (χ2v) is 8.85. The summed E-state index contributed by atoms with van der Waals surface area (Å²) < 4.78 is 2.05. The van der Waals surface area contributed by atoms with E-state index in [4.69, 9.17) is 0 Å². The molecule has 168 valence electrons. The van der Waals surface area contributed by atoms with Crippen molar-refractivity contribution >= 4 is 46.9 Å². The fraction of sp³-hybridized carbons (Fsp3) is 0.500. The number of pyridine rings is 1. The minimum Gasteiger partial charge on any atom is -0.356 e. The van der Waals surface area contributed by atoms with Crippen LogP contribution in [0.25, 0.3) is 5.65 Å². The Morgan fingerprint density at radius 3 is 2.94 bits per heavy atom. The average Bonchev–Trinajstić information content (AvgIpc) is 3.43. The van der Waals surface area contributed by atoms with Crippen LogP contribution in [0.2, 0.25) is 0 Å². The monoisotopic (exact) mass is 553 g/mol. The smallest absolute Gasteiger partial charge is 0.190 e. The Bertz CT molecular complexity index is 956. The molecule has 0 spiro atoms. The van der Waals surface area contributed by atoms with Crippen LogP contribution < -0.4 is 10.6 Å². The van der Waals surface area contributed by atoms with E-state index in [0.29, 0.717) is 12.0 Å². The number of nitrogens with zero attached hydrogens (tertiary/aromatic N) is 5. The predicted molar refractivity (Wildman–Crippen MR) is 139 cm³/mol. The summed E-state index contributed by atoms with van der Waals surface area (Å²) >= 11 is 1.86. The van der Waals surface area contributed by atoms with Crippen molar-refractivity contribution in [2.24, 2.45) is 10.9 Å². The van der Waals surface area contributed by atoms with Crippen LogP contribution in [0.1, 0.15) is 36.0 Å². The molecule has 3 aromatic rings. The number of hydrogen-bond donors (Lipinski definition) is 2. The summed E-state index contributed by atoms with van der Waals surface area (Å²) in [6.07, 6.45) is 6.37. The van der Waals surface area contributed by atoms with Crippen LogP contribution in [-0.2, 0) is 6.42 Å². The number of aromatic nitrogens is 3. The number of piperidine rings is 1. The Labute approximate surface area is 205 Å². The van der Waals surface area contributed by atoms with Crippen molar-refractivity contribution in [1.82, 2.24) is 30.1 Å². The summed E-state index contributed by atoms with van der Waals surface area (Å²) in [7, 11) is 4.09. The van der Waals surface area contributed by atoms with Gasteiger partial charge in [0.2, 0.25) is 0 Å². The number of likely N-dealkylation sites (tertiary alicyclic amines) is 1. The quantitative estimate of drug-likeness (QED) is 0.203. The molecule has 1 aliphatic heterocycles. The third kappa shape index (κ3) is 5.95. The Morgan fingerprint density at radius 2 is 2.13 bits per heavy atom. The molecule has 9 heteroatoms. The molecule has 2 unspecified atom stereocenters. The maximum Gasteiger partial charge on any atom is 0.190 e. The third-order valence-corrected chi connectivity index (χ3v) is 6.79. The van der Waals surface area contributed by atoms with E-state index in [9.17, 15) is 0 Å². The van der Waals surface area contributed by atoms with E-state index < -0.39 is 0 Å². The van der Waals surface area contributed by atoms with Gasteiger partial charge in [-0.1, -0.05) is 12.1 Å². The van der Waals surface area contributed by atoms with E-state index >= 15 is 0 Å². The van der Waals surface area contributed by atoms with Crippen LogP contribution in [0.15, 0.2) is 46.9 Å². The van der Waals surface area contributed by atoms with Crippen molar-refractivity contribution in [2.45, 2.75) is 31.7 Å². The Balaban J connectivity index is 0.00000272. The Hall–Kier alpha value is -1.72. The highest BCUT2D eigenvalue weighted by atomic mass is 127. The Morgan fingerprint density at radius 1 is 1.23 bits per heavy atom. The summed E-state index contributed by atoms with van der Waals surface area (Å²) in [6, 6.07) is 10.9. The lowest BCUT2D eigenvalue weighted by molar-refractivity contribution is 0.125. The molecule has 7 nitrogen and oxygen atoms in total. The summed E-state index contributed by atoms with van der Waals surface area (Å²) in [5, 5.41) is 17.7. The molecule has 3 aromatic heterocycles.